The van der Waals surface area contributed by atoms with Gasteiger partial charge >= 0.3 is 5.97 Å². The highest BCUT2D eigenvalue weighted by Crippen LogP contribution is 2.38. The number of anilines is 1. The number of fused-ring (bicyclic) bond motifs is 1. The third kappa shape index (κ3) is 3.07. The summed E-state index contributed by atoms with van der Waals surface area (Å²) in [4.78, 5) is 13.1. The van der Waals surface area contributed by atoms with Gasteiger partial charge in [0, 0.05) is 16.3 Å². The van der Waals surface area contributed by atoms with E-state index in [1.807, 2.05) is 25.1 Å². The third-order valence-corrected chi connectivity index (χ3v) is 5.30. The second kappa shape index (κ2) is 7.07. The number of esters is 1. The van der Waals surface area contributed by atoms with Crippen LogP contribution in [0.3, 0.4) is 0 Å². The lowest BCUT2D eigenvalue weighted by atomic mass is 9.95. The van der Waals surface area contributed by atoms with Crippen molar-refractivity contribution in [3.63, 3.8) is 0 Å². The maximum absolute atomic E-state index is 13.1. The minimum Gasteiger partial charge on any atom is -0.459 e. The molecule has 1 N–H and O–H groups in total. The Balaban J connectivity index is 1.72. The van der Waals surface area contributed by atoms with Crippen molar-refractivity contribution in [3.05, 3.63) is 46.1 Å². The number of rotatable bonds is 3. The van der Waals surface area contributed by atoms with Gasteiger partial charge in [-0.2, -0.15) is 4.68 Å². The van der Waals surface area contributed by atoms with Gasteiger partial charge in [-0.15, -0.1) is 0 Å². The number of hydrogen-bond acceptors (Lipinski definition) is 6. The van der Waals surface area contributed by atoms with Gasteiger partial charge in [0.1, 0.15) is 12.1 Å². The number of carbonyl (C=O) groups excluding carboxylic acids is 1. The van der Waals surface area contributed by atoms with Crippen molar-refractivity contribution >= 4 is 23.5 Å². The molecular weight excluding hydrogens is 354 g/mol. The lowest BCUT2D eigenvalue weighted by Gasteiger charge is -2.29. The van der Waals surface area contributed by atoms with Crippen molar-refractivity contribution in [3.8, 4) is 0 Å². The molecule has 0 saturated heterocycles. The first-order chi connectivity index (χ1) is 12.6. The van der Waals surface area contributed by atoms with E-state index in [2.05, 4.69) is 20.8 Å². The predicted octanol–water partition coefficient (Wildman–Crippen LogP) is 3.49. The Labute approximate surface area is 156 Å². The Morgan fingerprint density at radius 1 is 1.27 bits per heavy atom. The van der Waals surface area contributed by atoms with Crippen molar-refractivity contribution < 1.29 is 9.53 Å². The van der Waals surface area contributed by atoms with Gasteiger partial charge in [-0.3, -0.25) is 0 Å². The number of nitrogens with zero attached hydrogens (tertiary/aromatic N) is 4. The highest BCUT2D eigenvalue weighted by atomic mass is 35.5. The first-order valence-electron chi connectivity index (χ1n) is 8.86. The molecular formula is C18H20ClN5O2. The zero-order valence-electron chi connectivity index (χ0n) is 14.5. The van der Waals surface area contributed by atoms with E-state index in [1.165, 1.54) is 6.42 Å². The van der Waals surface area contributed by atoms with Gasteiger partial charge < -0.3 is 10.1 Å². The monoisotopic (exact) mass is 373 g/mol. The highest BCUT2D eigenvalue weighted by molar-refractivity contribution is 6.31. The van der Waals surface area contributed by atoms with Crippen molar-refractivity contribution in [1.82, 2.24) is 20.2 Å². The number of tetrazole rings is 1. The number of allylic oxidation sites excluding steroid dienone is 1. The zero-order chi connectivity index (χ0) is 18.1. The molecule has 1 saturated carbocycles. The largest absolute Gasteiger partial charge is 0.459 e. The molecule has 1 fully saturated rings. The quantitative estimate of drug-likeness (QED) is 0.829. The fraction of sp³-hybridized carbons (Fsp3) is 0.444. The molecule has 2 aliphatic rings. The van der Waals surface area contributed by atoms with E-state index in [0.717, 1.165) is 31.2 Å². The van der Waals surface area contributed by atoms with Crippen LogP contribution in [-0.2, 0) is 9.53 Å². The summed E-state index contributed by atoms with van der Waals surface area (Å²) in [5.41, 5.74) is 1.93. The molecule has 1 aliphatic carbocycles. The van der Waals surface area contributed by atoms with Gasteiger partial charge in [-0.1, -0.05) is 41.3 Å². The number of nitrogens with one attached hydrogen (secondary N) is 1. The summed E-state index contributed by atoms with van der Waals surface area (Å²) in [7, 11) is 0. The van der Waals surface area contributed by atoms with Crippen molar-refractivity contribution in [2.24, 2.45) is 0 Å². The van der Waals surface area contributed by atoms with Crippen LogP contribution in [0.15, 0.2) is 35.5 Å². The molecule has 0 bridgehead atoms. The molecule has 1 atom stereocenters. The van der Waals surface area contributed by atoms with Gasteiger partial charge in [0.05, 0.1) is 5.57 Å². The highest BCUT2D eigenvalue weighted by Gasteiger charge is 2.36. The molecule has 2 aromatic rings. The SMILES string of the molecule is CC1=C(C(=O)OC2CCCCC2)C(c2ccccc2Cl)n2nnnc2N1. The molecule has 26 heavy (non-hydrogen) atoms. The molecule has 0 radical (unpaired) electrons. The first-order valence-corrected chi connectivity index (χ1v) is 9.24. The third-order valence-electron chi connectivity index (χ3n) is 4.96. The molecule has 1 aromatic carbocycles. The summed E-state index contributed by atoms with van der Waals surface area (Å²) in [6, 6.07) is 6.88. The van der Waals surface area contributed by atoms with Crippen molar-refractivity contribution in [1.29, 1.82) is 0 Å². The average Bonchev–Trinajstić information content (AvgIpc) is 3.10. The van der Waals surface area contributed by atoms with Crippen LogP contribution in [0.5, 0.6) is 0 Å². The summed E-state index contributed by atoms with van der Waals surface area (Å²) in [5, 5.41) is 15.4. The molecule has 0 amide bonds. The number of hydrogen-bond donors (Lipinski definition) is 1. The van der Waals surface area contributed by atoms with Crippen LogP contribution in [-0.4, -0.2) is 32.3 Å². The van der Waals surface area contributed by atoms with Gasteiger partial charge in [0.2, 0.25) is 5.95 Å². The standard InChI is InChI=1S/C18H20ClN5O2/c1-11-15(17(25)26-12-7-3-2-4-8-12)16(13-9-5-6-10-14(13)19)24-18(20-11)21-22-23-24/h5-6,9-10,12,16H,2-4,7-8H2,1H3,(H,20,21,23). The fourth-order valence-electron chi connectivity index (χ4n) is 3.66. The second-order valence-electron chi connectivity index (χ2n) is 6.70. The van der Waals surface area contributed by atoms with E-state index < -0.39 is 6.04 Å². The minimum atomic E-state index is -0.522. The van der Waals surface area contributed by atoms with E-state index >= 15 is 0 Å². The summed E-state index contributed by atoms with van der Waals surface area (Å²) in [6.45, 7) is 1.83. The summed E-state index contributed by atoms with van der Waals surface area (Å²) in [5.74, 6) is 0.134. The Kier molecular flexibility index (Phi) is 4.63. The Hall–Kier alpha value is -2.41. The summed E-state index contributed by atoms with van der Waals surface area (Å²) in [6.07, 6.45) is 5.20. The van der Waals surface area contributed by atoms with E-state index in [1.54, 1.807) is 10.7 Å². The molecule has 8 heteroatoms. The topological polar surface area (TPSA) is 81.9 Å². The van der Waals surface area contributed by atoms with E-state index in [0.29, 0.717) is 22.2 Å². The maximum atomic E-state index is 13.1. The number of carbonyl (C=O) groups is 1. The Morgan fingerprint density at radius 2 is 2.04 bits per heavy atom. The molecule has 1 unspecified atom stereocenters. The molecule has 4 rings (SSSR count). The average molecular weight is 374 g/mol. The first kappa shape index (κ1) is 17.0. The lowest BCUT2D eigenvalue weighted by Crippen LogP contribution is -2.32. The minimum absolute atomic E-state index is 0.0290. The number of ether oxygens (including phenoxy) is 1. The Morgan fingerprint density at radius 3 is 2.81 bits per heavy atom. The molecule has 0 spiro atoms. The van der Waals surface area contributed by atoms with Crippen LogP contribution in [0, 0.1) is 0 Å². The number of halogens is 1. The maximum Gasteiger partial charge on any atom is 0.338 e. The van der Waals surface area contributed by atoms with Crippen LogP contribution in [0.2, 0.25) is 5.02 Å². The number of aromatic nitrogens is 4. The normalized spacial score (nSPS) is 20.5. The van der Waals surface area contributed by atoms with Gasteiger partial charge in [-0.05, 0) is 49.1 Å². The molecule has 2 heterocycles. The van der Waals surface area contributed by atoms with Crippen molar-refractivity contribution in [2.45, 2.75) is 51.2 Å². The van der Waals surface area contributed by atoms with Crippen molar-refractivity contribution in [2.75, 3.05) is 5.32 Å². The molecule has 7 nitrogen and oxygen atoms in total. The zero-order valence-corrected chi connectivity index (χ0v) is 15.2. The van der Waals surface area contributed by atoms with Gasteiger partial charge in [-0.25, -0.2) is 4.79 Å². The number of benzene rings is 1. The molecule has 1 aromatic heterocycles. The van der Waals surface area contributed by atoms with Crippen LogP contribution in [0.4, 0.5) is 5.95 Å². The molecule has 136 valence electrons. The van der Waals surface area contributed by atoms with Crippen LogP contribution >= 0.6 is 11.6 Å². The van der Waals surface area contributed by atoms with E-state index in [-0.39, 0.29) is 12.1 Å². The second-order valence-corrected chi connectivity index (χ2v) is 7.11. The van der Waals surface area contributed by atoms with E-state index in [9.17, 15) is 4.79 Å². The summed E-state index contributed by atoms with van der Waals surface area (Å²) >= 11 is 6.42. The lowest BCUT2D eigenvalue weighted by molar-refractivity contribution is -0.146. The van der Waals surface area contributed by atoms with Gasteiger partial charge in [0.25, 0.3) is 0 Å². The molecule has 1 aliphatic heterocycles. The van der Waals surface area contributed by atoms with Gasteiger partial charge in [0.15, 0.2) is 0 Å². The van der Waals surface area contributed by atoms with E-state index in [4.69, 9.17) is 16.3 Å². The fourth-order valence-corrected chi connectivity index (χ4v) is 3.90. The summed E-state index contributed by atoms with van der Waals surface area (Å²) < 4.78 is 7.40. The van der Waals surface area contributed by atoms with Crippen LogP contribution in [0.1, 0.15) is 50.6 Å². The van der Waals surface area contributed by atoms with Crippen LogP contribution < -0.4 is 5.32 Å². The van der Waals surface area contributed by atoms with Crippen LogP contribution in [0.25, 0.3) is 0 Å². The smallest absolute Gasteiger partial charge is 0.338 e. The predicted molar refractivity (Wildman–Crippen MR) is 96.7 cm³/mol. The Bertz CT molecular complexity index is 857.